The van der Waals surface area contributed by atoms with E-state index in [9.17, 15) is 14.4 Å². The predicted molar refractivity (Wildman–Crippen MR) is 117 cm³/mol. The summed E-state index contributed by atoms with van der Waals surface area (Å²) in [6, 6.07) is 11.5. The first-order chi connectivity index (χ1) is 14.8. The molecule has 1 amide bonds. The number of Topliss-reactive ketones (excluding diaryl/α,β-unsaturated/α-hetero) is 2. The molecule has 2 aromatic carbocycles. The molecule has 0 spiro atoms. The van der Waals surface area contributed by atoms with E-state index < -0.39 is 23.7 Å². The summed E-state index contributed by atoms with van der Waals surface area (Å²) in [4.78, 5) is 43.0. The van der Waals surface area contributed by atoms with Gasteiger partial charge in [0, 0.05) is 24.2 Å². The number of methoxy groups -OCH3 is 2. The molecule has 0 saturated carbocycles. The van der Waals surface area contributed by atoms with Gasteiger partial charge in [-0.3, -0.25) is 14.4 Å². The summed E-state index contributed by atoms with van der Waals surface area (Å²) in [5, 5.41) is 0. The monoisotopic (exact) mass is 424 g/mol. The van der Waals surface area contributed by atoms with Gasteiger partial charge in [-0.15, -0.1) is 0 Å². The van der Waals surface area contributed by atoms with Gasteiger partial charge in [0.1, 0.15) is 17.4 Å². The maximum atomic E-state index is 13.5. The zero-order chi connectivity index (χ0) is 22.7. The molecule has 0 N–H and O–H groups in total. The molecule has 7 nitrogen and oxygen atoms in total. The zero-order valence-corrected chi connectivity index (χ0v) is 18.5. The van der Waals surface area contributed by atoms with Crippen LogP contribution in [0.4, 0.5) is 0 Å². The van der Waals surface area contributed by atoms with Crippen LogP contribution in [-0.2, 0) is 9.59 Å². The number of para-hydroxylation sites is 1. The summed E-state index contributed by atoms with van der Waals surface area (Å²) in [6.07, 6.45) is 0. The summed E-state index contributed by atoms with van der Waals surface area (Å²) < 4.78 is 10.8. The van der Waals surface area contributed by atoms with Gasteiger partial charge in [-0.25, -0.2) is 0 Å². The molecule has 7 heteroatoms. The van der Waals surface area contributed by atoms with Gasteiger partial charge < -0.3 is 19.3 Å². The maximum Gasteiger partial charge on any atom is 0.291 e. The number of carbonyl (C=O) groups is 3. The van der Waals surface area contributed by atoms with Crippen LogP contribution < -0.4 is 9.47 Å². The highest BCUT2D eigenvalue weighted by Gasteiger charge is 2.52. The highest BCUT2D eigenvalue weighted by atomic mass is 16.5. The maximum absolute atomic E-state index is 13.5. The Bertz CT molecular complexity index is 1000. The molecule has 164 valence electrons. The van der Waals surface area contributed by atoms with Crippen LogP contribution in [0.25, 0.3) is 0 Å². The number of hydrogen-bond donors (Lipinski definition) is 0. The lowest BCUT2D eigenvalue weighted by Gasteiger charge is -2.29. The van der Waals surface area contributed by atoms with Crippen LogP contribution >= 0.6 is 0 Å². The Hall–Kier alpha value is -3.19. The van der Waals surface area contributed by atoms with Crippen LogP contribution in [0.1, 0.15) is 27.5 Å². The summed E-state index contributed by atoms with van der Waals surface area (Å²) in [7, 11) is 6.88. The molecule has 2 aromatic rings. The minimum Gasteiger partial charge on any atom is -0.496 e. The highest BCUT2D eigenvalue weighted by Crippen LogP contribution is 2.41. The summed E-state index contributed by atoms with van der Waals surface area (Å²) >= 11 is 0. The molecule has 1 saturated heterocycles. The average Bonchev–Trinajstić information content (AvgIpc) is 3.01. The number of amides is 1. The number of likely N-dealkylation sites (N-methyl/N-ethyl adjacent to an activating group) is 1. The predicted octanol–water partition coefficient (Wildman–Crippen LogP) is 2.53. The normalized spacial score (nSPS) is 18.6. The van der Waals surface area contributed by atoms with Crippen LogP contribution in [-0.4, -0.2) is 68.7 Å². The molecule has 3 rings (SSSR count). The first-order valence-electron chi connectivity index (χ1n) is 10.1. The van der Waals surface area contributed by atoms with Crippen LogP contribution in [0.5, 0.6) is 11.5 Å². The number of aryl methyl sites for hydroxylation is 1. The van der Waals surface area contributed by atoms with Gasteiger partial charge in [-0.05, 0) is 50.8 Å². The highest BCUT2D eigenvalue weighted by molar-refractivity contribution is 6.44. The number of carbonyl (C=O) groups excluding carboxylic acids is 3. The van der Waals surface area contributed by atoms with E-state index >= 15 is 0 Å². The smallest absolute Gasteiger partial charge is 0.291 e. The lowest BCUT2D eigenvalue weighted by molar-refractivity contribution is -0.140. The van der Waals surface area contributed by atoms with Gasteiger partial charge in [-0.1, -0.05) is 18.2 Å². The number of ether oxygens (including phenoxy) is 2. The Balaban J connectivity index is 2.09. The number of likely N-dealkylation sites (tertiary alicyclic amines) is 1. The second-order valence-electron chi connectivity index (χ2n) is 7.88. The lowest BCUT2D eigenvalue weighted by Crippen LogP contribution is -2.36. The Labute approximate surface area is 182 Å². The third-order valence-electron chi connectivity index (χ3n) is 5.61. The van der Waals surface area contributed by atoms with Crippen LogP contribution in [0, 0.1) is 12.8 Å². The van der Waals surface area contributed by atoms with Crippen molar-refractivity contribution < 1.29 is 23.9 Å². The second-order valence-corrected chi connectivity index (χ2v) is 7.88. The summed E-state index contributed by atoms with van der Waals surface area (Å²) in [5.41, 5.74) is 1.80. The summed E-state index contributed by atoms with van der Waals surface area (Å²) in [5.74, 6) is -1.66. The third kappa shape index (κ3) is 4.32. The molecule has 1 fully saturated rings. The first kappa shape index (κ1) is 22.5. The average molecular weight is 424 g/mol. The first-order valence-corrected chi connectivity index (χ1v) is 10.1. The molecule has 2 atom stereocenters. The van der Waals surface area contributed by atoms with Crippen molar-refractivity contribution in [2.24, 2.45) is 5.92 Å². The van der Waals surface area contributed by atoms with Gasteiger partial charge in [0.25, 0.3) is 5.91 Å². The largest absolute Gasteiger partial charge is 0.496 e. The van der Waals surface area contributed by atoms with Crippen LogP contribution in [0.2, 0.25) is 0 Å². The molecule has 2 unspecified atom stereocenters. The molecule has 0 aromatic heterocycles. The third-order valence-corrected chi connectivity index (χ3v) is 5.61. The topological polar surface area (TPSA) is 76.2 Å². The molecule has 31 heavy (non-hydrogen) atoms. The van der Waals surface area contributed by atoms with Crippen LogP contribution in [0.15, 0.2) is 42.5 Å². The fraction of sp³-hybridized carbons (Fsp3) is 0.375. The zero-order valence-electron chi connectivity index (χ0n) is 18.5. The van der Waals surface area contributed by atoms with Crippen molar-refractivity contribution >= 4 is 17.5 Å². The number of ketones is 2. The van der Waals surface area contributed by atoms with E-state index in [1.807, 2.05) is 38.1 Å². The van der Waals surface area contributed by atoms with Gasteiger partial charge in [-0.2, -0.15) is 0 Å². The van der Waals surface area contributed by atoms with Gasteiger partial charge >= 0.3 is 0 Å². The Kier molecular flexibility index (Phi) is 6.75. The number of rotatable bonds is 8. The molecule has 1 aliphatic heterocycles. The summed E-state index contributed by atoms with van der Waals surface area (Å²) in [6.45, 7) is 2.72. The fourth-order valence-corrected chi connectivity index (χ4v) is 4.00. The van der Waals surface area contributed by atoms with Gasteiger partial charge in [0.05, 0.1) is 20.3 Å². The molecule has 0 bridgehead atoms. The number of nitrogens with zero attached hydrogens (tertiary/aromatic N) is 2. The number of hydrogen-bond acceptors (Lipinski definition) is 6. The Morgan fingerprint density at radius 2 is 1.71 bits per heavy atom. The van der Waals surface area contributed by atoms with Crippen molar-refractivity contribution in [2.75, 3.05) is 41.4 Å². The SMILES string of the molecule is COc1ccc(C(=O)C2C(=O)C(=O)N(CCN(C)C)C2c2ccccc2OC)cc1C. The Morgan fingerprint density at radius 3 is 2.32 bits per heavy atom. The van der Waals surface area contributed by atoms with Gasteiger partial charge in [0.2, 0.25) is 5.78 Å². The molecule has 1 heterocycles. The van der Waals surface area contributed by atoms with E-state index in [0.29, 0.717) is 35.7 Å². The molecule has 0 radical (unpaired) electrons. The minimum atomic E-state index is -1.14. The van der Waals surface area contributed by atoms with E-state index in [4.69, 9.17) is 9.47 Å². The van der Waals surface area contributed by atoms with Crippen molar-refractivity contribution in [3.05, 3.63) is 59.2 Å². The van der Waals surface area contributed by atoms with E-state index in [2.05, 4.69) is 0 Å². The standard InChI is InChI=1S/C24H28N2O5/c1-15-14-16(10-11-18(15)30-4)22(27)20-21(17-8-6-7-9-19(17)31-5)26(13-12-25(2)3)24(29)23(20)28/h6-11,14,20-21H,12-13H2,1-5H3. The molecular weight excluding hydrogens is 396 g/mol. The van der Waals surface area contributed by atoms with Crippen molar-refractivity contribution in [3.63, 3.8) is 0 Å². The van der Waals surface area contributed by atoms with Crippen LogP contribution in [0.3, 0.4) is 0 Å². The van der Waals surface area contributed by atoms with Crippen molar-refractivity contribution in [2.45, 2.75) is 13.0 Å². The second kappa shape index (κ2) is 9.31. The van der Waals surface area contributed by atoms with Gasteiger partial charge in [0.15, 0.2) is 5.78 Å². The number of benzene rings is 2. The quantitative estimate of drug-likeness (QED) is 0.368. The minimum absolute atomic E-state index is 0.325. The molecule has 0 aliphatic carbocycles. The van der Waals surface area contributed by atoms with E-state index in [0.717, 1.165) is 5.56 Å². The van der Waals surface area contributed by atoms with E-state index in [-0.39, 0.29) is 5.78 Å². The molecule has 1 aliphatic rings. The van der Waals surface area contributed by atoms with Crippen molar-refractivity contribution in [1.82, 2.24) is 9.80 Å². The van der Waals surface area contributed by atoms with E-state index in [1.165, 1.54) is 12.0 Å². The molecular formula is C24H28N2O5. The van der Waals surface area contributed by atoms with Crippen molar-refractivity contribution in [1.29, 1.82) is 0 Å². The van der Waals surface area contributed by atoms with Crippen molar-refractivity contribution in [3.8, 4) is 11.5 Å². The van der Waals surface area contributed by atoms with E-state index in [1.54, 1.807) is 37.4 Å². The fourth-order valence-electron chi connectivity index (χ4n) is 4.00. The Morgan fingerprint density at radius 1 is 1.03 bits per heavy atom. The lowest BCUT2D eigenvalue weighted by atomic mass is 9.85.